The molecule has 1 aliphatic rings. The summed E-state index contributed by atoms with van der Waals surface area (Å²) in [5.41, 5.74) is 2.34. The Morgan fingerprint density at radius 3 is 3.05 bits per heavy atom. The summed E-state index contributed by atoms with van der Waals surface area (Å²) in [5.74, 6) is -0.421. The normalized spacial score (nSPS) is 16.4. The fraction of sp³-hybridized carbons (Fsp3) is 0.429. The molecule has 0 amide bonds. The van der Waals surface area contributed by atoms with E-state index in [1.54, 1.807) is 0 Å². The maximum atomic E-state index is 11.0. The van der Waals surface area contributed by atoms with E-state index in [1.807, 2.05) is 18.2 Å². The highest BCUT2D eigenvalue weighted by molar-refractivity contribution is 5.72. The number of fused-ring (bicyclic) bond motifs is 1. The second kappa shape index (κ2) is 4.56. The molecule has 1 heterocycles. The van der Waals surface area contributed by atoms with Gasteiger partial charge in [-0.15, -0.1) is 0 Å². The minimum atomic E-state index is -0.421. The zero-order valence-corrected chi connectivity index (χ0v) is 10.5. The van der Waals surface area contributed by atoms with E-state index < -0.39 is 5.76 Å². The van der Waals surface area contributed by atoms with Crippen molar-refractivity contribution in [2.24, 2.45) is 5.41 Å². The van der Waals surface area contributed by atoms with Crippen molar-refractivity contribution in [1.29, 1.82) is 5.26 Å². The van der Waals surface area contributed by atoms with Crippen molar-refractivity contribution in [2.75, 3.05) is 13.1 Å². The number of aromatic nitrogens is 1. The van der Waals surface area contributed by atoms with Gasteiger partial charge in [-0.05, 0) is 43.5 Å². The topological polar surface area (TPSA) is 81.8 Å². The fourth-order valence-electron chi connectivity index (χ4n) is 2.18. The van der Waals surface area contributed by atoms with Gasteiger partial charge in [0.25, 0.3) is 0 Å². The van der Waals surface area contributed by atoms with Crippen LogP contribution in [0.5, 0.6) is 0 Å². The van der Waals surface area contributed by atoms with Gasteiger partial charge in [0.2, 0.25) is 0 Å². The third kappa shape index (κ3) is 2.54. The van der Waals surface area contributed by atoms with Crippen LogP contribution in [0.4, 0.5) is 0 Å². The third-order valence-electron chi connectivity index (χ3n) is 3.63. The summed E-state index contributed by atoms with van der Waals surface area (Å²) in [5, 5.41) is 12.3. The number of nitrogens with zero attached hydrogens (tertiary/aromatic N) is 1. The van der Waals surface area contributed by atoms with Crippen molar-refractivity contribution in [3.05, 3.63) is 34.3 Å². The van der Waals surface area contributed by atoms with Crippen LogP contribution < -0.4 is 11.1 Å². The van der Waals surface area contributed by atoms with E-state index in [9.17, 15) is 4.79 Å². The van der Waals surface area contributed by atoms with Crippen LogP contribution in [-0.4, -0.2) is 18.1 Å². The molecule has 3 rings (SSSR count). The smallest absolute Gasteiger partial charge is 0.408 e. The summed E-state index contributed by atoms with van der Waals surface area (Å²) < 4.78 is 5.02. The molecule has 1 aromatic heterocycles. The number of H-pyrrole nitrogens is 1. The average molecular weight is 257 g/mol. The van der Waals surface area contributed by atoms with Gasteiger partial charge in [0.15, 0.2) is 5.58 Å². The van der Waals surface area contributed by atoms with Gasteiger partial charge in [-0.3, -0.25) is 4.98 Å². The molecule has 0 aliphatic heterocycles. The Balaban J connectivity index is 1.56. The standard InChI is InChI=1S/C14H15N3O2/c15-8-14(4-5-14)9-16-6-3-10-1-2-11-12(7-10)19-13(18)17-11/h1-2,7,16H,3-6,9H2,(H,17,18). The number of hydrogen-bond donors (Lipinski definition) is 2. The number of rotatable bonds is 5. The lowest BCUT2D eigenvalue weighted by Crippen LogP contribution is -2.25. The molecule has 0 bridgehead atoms. The fourth-order valence-corrected chi connectivity index (χ4v) is 2.18. The van der Waals surface area contributed by atoms with E-state index in [-0.39, 0.29) is 5.41 Å². The molecule has 2 aromatic rings. The predicted octanol–water partition coefficient (Wildman–Crippen LogP) is 1.56. The van der Waals surface area contributed by atoms with E-state index in [0.717, 1.165) is 43.4 Å². The lowest BCUT2D eigenvalue weighted by atomic mass is 10.1. The van der Waals surface area contributed by atoms with Crippen molar-refractivity contribution in [2.45, 2.75) is 19.3 Å². The van der Waals surface area contributed by atoms with Crippen LogP contribution in [0, 0.1) is 16.7 Å². The van der Waals surface area contributed by atoms with Crippen LogP contribution in [0.15, 0.2) is 27.4 Å². The Morgan fingerprint density at radius 2 is 2.32 bits per heavy atom. The van der Waals surface area contributed by atoms with Crippen molar-refractivity contribution < 1.29 is 4.42 Å². The Kier molecular flexibility index (Phi) is 2.88. The second-order valence-corrected chi connectivity index (χ2v) is 5.16. The summed E-state index contributed by atoms with van der Waals surface area (Å²) in [4.78, 5) is 13.7. The molecule has 98 valence electrons. The highest BCUT2D eigenvalue weighted by Gasteiger charge is 2.42. The van der Waals surface area contributed by atoms with E-state index in [0.29, 0.717) is 5.58 Å². The van der Waals surface area contributed by atoms with Crippen molar-refractivity contribution >= 4 is 11.1 Å². The quantitative estimate of drug-likeness (QED) is 0.796. The van der Waals surface area contributed by atoms with Crippen LogP contribution >= 0.6 is 0 Å². The highest BCUT2D eigenvalue weighted by atomic mass is 16.4. The molecular weight excluding hydrogens is 242 g/mol. The van der Waals surface area contributed by atoms with E-state index >= 15 is 0 Å². The number of oxazole rings is 1. The maximum Gasteiger partial charge on any atom is 0.417 e. The number of benzene rings is 1. The summed E-state index contributed by atoms with van der Waals surface area (Å²) >= 11 is 0. The number of nitriles is 1. The Labute approximate surface area is 110 Å². The Hall–Kier alpha value is -2.06. The third-order valence-corrected chi connectivity index (χ3v) is 3.63. The van der Waals surface area contributed by atoms with Gasteiger partial charge in [-0.2, -0.15) is 5.26 Å². The first-order chi connectivity index (χ1) is 9.21. The van der Waals surface area contributed by atoms with E-state index in [4.69, 9.17) is 9.68 Å². The second-order valence-electron chi connectivity index (χ2n) is 5.16. The van der Waals surface area contributed by atoms with Gasteiger partial charge < -0.3 is 9.73 Å². The van der Waals surface area contributed by atoms with Gasteiger partial charge in [-0.1, -0.05) is 6.07 Å². The molecular formula is C14H15N3O2. The molecule has 1 fully saturated rings. The van der Waals surface area contributed by atoms with Crippen LogP contribution in [0.25, 0.3) is 11.1 Å². The first-order valence-corrected chi connectivity index (χ1v) is 6.45. The minimum absolute atomic E-state index is 0.0998. The van der Waals surface area contributed by atoms with Gasteiger partial charge in [0, 0.05) is 6.54 Å². The average Bonchev–Trinajstić information content (AvgIpc) is 3.09. The molecule has 2 N–H and O–H groups in total. The van der Waals surface area contributed by atoms with Crippen molar-refractivity contribution in [3.8, 4) is 6.07 Å². The van der Waals surface area contributed by atoms with Crippen LogP contribution in [0.1, 0.15) is 18.4 Å². The molecule has 5 heteroatoms. The first kappa shape index (κ1) is 12.0. The summed E-state index contributed by atoms with van der Waals surface area (Å²) in [6, 6.07) is 8.08. The molecule has 5 nitrogen and oxygen atoms in total. The number of aromatic amines is 1. The van der Waals surface area contributed by atoms with Crippen LogP contribution in [-0.2, 0) is 6.42 Å². The van der Waals surface area contributed by atoms with Crippen LogP contribution in [0.2, 0.25) is 0 Å². The SMILES string of the molecule is N#CC1(CNCCc2ccc3[nH]c(=O)oc3c2)CC1. The molecule has 1 aliphatic carbocycles. The molecule has 0 atom stereocenters. The van der Waals surface area contributed by atoms with Gasteiger partial charge >= 0.3 is 5.76 Å². The monoisotopic (exact) mass is 257 g/mol. The zero-order valence-electron chi connectivity index (χ0n) is 10.5. The van der Waals surface area contributed by atoms with Crippen LogP contribution in [0.3, 0.4) is 0 Å². The summed E-state index contributed by atoms with van der Waals surface area (Å²) in [6.45, 7) is 1.59. The molecule has 0 unspecified atom stereocenters. The first-order valence-electron chi connectivity index (χ1n) is 6.45. The number of nitrogens with one attached hydrogen (secondary N) is 2. The highest BCUT2D eigenvalue weighted by Crippen LogP contribution is 2.43. The van der Waals surface area contributed by atoms with Crippen molar-refractivity contribution in [1.82, 2.24) is 10.3 Å². The Bertz CT molecular complexity index is 689. The van der Waals surface area contributed by atoms with Gasteiger partial charge in [0.1, 0.15) is 0 Å². The maximum absolute atomic E-state index is 11.0. The van der Waals surface area contributed by atoms with Gasteiger partial charge in [0.05, 0.1) is 17.0 Å². The number of hydrogen-bond acceptors (Lipinski definition) is 4. The predicted molar refractivity (Wildman–Crippen MR) is 70.7 cm³/mol. The summed E-state index contributed by atoms with van der Waals surface area (Å²) in [7, 11) is 0. The largest absolute Gasteiger partial charge is 0.417 e. The lowest BCUT2D eigenvalue weighted by molar-refractivity contribution is 0.553. The molecule has 1 saturated carbocycles. The molecule has 0 radical (unpaired) electrons. The molecule has 0 saturated heterocycles. The zero-order chi connectivity index (χ0) is 13.3. The van der Waals surface area contributed by atoms with Crippen molar-refractivity contribution in [3.63, 3.8) is 0 Å². The molecule has 19 heavy (non-hydrogen) atoms. The van der Waals surface area contributed by atoms with E-state index in [1.165, 1.54) is 0 Å². The minimum Gasteiger partial charge on any atom is -0.408 e. The molecule has 0 spiro atoms. The summed E-state index contributed by atoms with van der Waals surface area (Å²) in [6.07, 6.45) is 2.88. The van der Waals surface area contributed by atoms with Gasteiger partial charge in [-0.25, -0.2) is 4.79 Å². The Morgan fingerprint density at radius 1 is 1.47 bits per heavy atom. The molecule has 1 aromatic carbocycles. The lowest BCUT2D eigenvalue weighted by Gasteiger charge is -2.07. The van der Waals surface area contributed by atoms with E-state index in [2.05, 4.69) is 16.4 Å².